The number of carbonyl (C=O) groups is 2. The second-order valence-corrected chi connectivity index (χ2v) is 6.87. The van der Waals surface area contributed by atoms with Gasteiger partial charge < -0.3 is 16.0 Å². The second kappa shape index (κ2) is 8.68. The number of amides is 2. The number of anilines is 3. The van der Waals surface area contributed by atoms with E-state index in [9.17, 15) is 9.59 Å². The van der Waals surface area contributed by atoms with Crippen LogP contribution < -0.4 is 16.0 Å². The molecule has 0 bridgehead atoms. The van der Waals surface area contributed by atoms with Crippen molar-refractivity contribution in [2.24, 2.45) is 0 Å². The third-order valence-electron chi connectivity index (χ3n) is 4.75. The van der Waals surface area contributed by atoms with Gasteiger partial charge in [-0.3, -0.25) is 14.5 Å². The fraction of sp³-hybridized carbons (Fsp3) is 0.333. The van der Waals surface area contributed by atoms with Gasteiger partial charge in [0.25, 0.3) is 0 Å². The zero-order valence-electron chi connectivity index (χ0n) is 15.7. The van der Waals surface area contributed by atoms with Crippen molar-refractivity contribution in [2.45, 2.75) is 31.8 Å². The largest absolute Gasteiger partial charge is 0.356 e. The molecule has 0 saturated carbocycles. The third-order valence-corrected chi connectivity index (χ3v) is 4.75. The summed E-state index contributed by atoms with van der Waals surface area (Å²) in [5.41, 5.74) is 2.73. The summed E-state index contributed by atoms with van der Waals surface area (Å²) in [5.74, 6) is -0.0227. The smallest absolute Gasteiger partial charge is 0.241 e. The number of hydrogen-bond acceptors (Lipinski definition) is 4. The monoisotopic (exact) mass is 366 g/mol. The first-order valence-corrected chi connectivity index (χ1v) is 9.27. The van der Waals surface area contributed by atoms with Crippen molar-refractivity contribution in [1.29, 1.82) is 0 Å². The summed E-state index contributed by atoms with van der Waals surface area (Å²) in [4.78, 5) is 26.2. The quantitative estimate of drug-likeness (QED) is 0.735. The molecule has 6 heteroatoms. The number of likely N-dealkylation sites (N-methyl/N-ethyl adjacent to an activating group) is 1. The molecule has 0 aromatic heterocycles. The topological polar surface area (TPSA) is 73.5 Å². The molecule has 1 aliphatic rings. The van der Waals surface area contributed by atoms with Gasteiger partial charge in [-0.05, 0) is 49.9 Å². The molecule has 2 atom stereocenters. The average Bonchev–Trinajstić information content (AvgIpc) is 3.04. The van der Waals surface area contributed by atoms with Crippen molar-refractivity contribution < 1.29 is 9.59 Å². The van der Waals surface area contributed by atoms with Crippen LogP contribution in [0, 0.1) is 0 Å². The highest BCUT2D eigenvalue weighted by Crippen LogP contribution is 2.21. The minimum Gasteiger partial charge on any atom is -0.356 e. The molecule has 0 spiro atoms. The Morgan fingerprint density at radius 1 is 1.00 bits per heavy atom. The van der Waals surface area contributed by atoms with Gasteiger partial charge in [0, 0.05) is 36.1 Å². The number of nitrogens with zero attached hydrogens (tertiary/aromatic N) is 1. The van der Waals surface area contributed by atoms with Crippen molar-refractivity contribution >= 4 is 28.9 Å². The second-order valence-electron chi connectivity index (χ2n) is 6.87. The predicted molar refractivity (Wildman–Crippen MR) is 108 cm³/mol. The summed E-state index contributed by atoms with van der Waals surface area (Å²) in [6.45, 7) is 2.51. The molecule has 3 rings (SSSR count). The van der Waals surface area contributed by atoms with Crippen LogP contribution in [0.3, 0.4) is 0 Å². The maximum Gasteiger partial charge on any atom is 0.241 e. The average molecular weight is 366 g/mol. The standard InChI is InChI=1S/C21H26N4O2/c1-3-20(26)23-18-13-19(25(2)14-18)21(27)24-17-11-9-16(10-12-17)22-15-7-5-4-6-8-15/h4-12,18-19,22H,3,13-14H2,1-2H3,(H,23,26)(H,24,27). The number of nitrogens with one attached hydrogen (secondary N) is 3. The van der Waals surface area contributed by atoms with Gasteiger partial charge in [-0.1, -0.05) is 25.1 Å². The van der Waals surface area contributed by atoms with E-state index >= 15 is 0 Å². The first-order valence-electron chi connectivity index (χ1n) is 9.27. The first-order chi connectivity index (χ1) is 13.0. The molecular formula is C21H26N4O2. The van der Waals surface area contributed by atoms with E-state index in [2.05, 4.69) is 16.0 Å². The van der Waals surface area contributed by atoms with E-state index in [0.29, 0.717) is 19.4 Å². The van der Waals surface area contributed by atoms with E-state index < -0.39 is 0 Å². The minimum absolute atomic E-state index is 0.0237. The zero-order chi connectivity index (χ0) is 19.2. The number of rotatable bonds is 6. The van der Waals surface area contributed by atoms with Gasteiger partial charge in [-0.25, -0.2) is 0 Å². The maximum absolute atomic E-state index is 12.6. The molecule has 2 unspecified atom stereocenters. The molecule has 1 saturated heterocycles. The molecule has 2 aromatic carbocycles. The SMILES string of the molecule is CCC(=O)NC1CC(C(=O)Nc2ccc(Nc3ccccc3)cc2)N(C)C1. The van der Waals surface area contributed by atoms with Gasteiger partial charge in [0.1, 0.15) is 0 Å². The maximum atomic E-state index is 12.6. The lowest BCUT2D eigenvalue weighted by molar-refractivity contribution is -0.122. The van der Waals surface area contributed by atoms with Crippen LogP contribution in [0.15, 0.2) is 54.6 Å². The summed E-state index contributed by atoms with van der Waals surface area (Å²) in [6.07, 6.45) is 1.09. The molecule has 142 valence electrons. The van der Waals surface area contributed by atoms with Crippen LogP contribution in [0.25, 0.3) is 0 Å². The summed E-state index contributed by atoms with van der Waals surface area (Å²) in [7, 11) is 1.91. The number of benzene rings is 2. The Bertz CT molecular complexity index is 777. The lowest BCUT2D eigenvalue weighted by atomic mass is 10.1. The van der Waals surface area contributed by atoms with Crippen molar-refractivity contribution in [3.63, 3.8) is 0 Å². The minimum atomic E-state index is -0.241. The first kappa shape index (κ1) is 18.9. The van der Waals surface area contributed by atoms with Crippen LogP contribution in [0.4, 0.5) is 17.1 Å². The van der Waals surface area contributed by atoms with E-state index in [-0.39, 0.29) is 23.9 Å². The Kier molecular flexibility index (Phi) is 6.08. The molecule has 0 radical (unpaired) electrons. The van der Waals surface area contributed by atoms with E-state index in [1.54, 1.807) is 0 Å². The van der Waals surface area contributed by atoms with Gasteiger partial charge in [-0.15, -0.1) is 0 Å². The van der Waals surface area contributed by atoms with E-state index in [4.69, 9.17) is 0 Å². The Balaban J connectivity index is 1.55. The summed E-state index contributed by atoms with van der Waals surface area (Å²) >= 11 is 0. The van der Waals surface area contributed by atoms with Crippen LogP contribution in [0.2, 0.25) is 0 Å². The highest BCUT2D eigenvalue weighted by Gasteiger charge is 2.34. The fourth-order valence-electron chi connectivity index (χ4n) is 3.29. The van der Waals surface area contributed by atoms with Crippen molar-refractivity contribution in [3.8, 4) is 0 Å². The normalized spacial score (nSPS) is 19.5. The lowest BCUT2D eigenvalue weighted by Crippen LogP contribution is -2.37. The highest BCUT2D eigenvalue weighted by atomic mass is 16.2. The van der Waals surface area contributed by atoms with Crippen molar-refractivity contribution in [3.05, 3.63) is 54.6 Å². The molecule has 1 heterocycles. The van der Waals surface area contributed by atoms with Gasteiger partial charge >= 0.3 is 0 Å². The Labute approximate surface area is 159 Å². The van der Waals surface area contributed by atoms with Crippen LogP contribution in [-0.4, -0.2) is 42.4 Å². The van der Waals surface area contributed by atoms with Crippen LogP contribution in [0.5, 0.6) is 0 Å². The van der Waals surface area contributed by atoms with E-state index in [1.165, 1.54) is 0 Å². The van der Waals surface area contributed by atoms with Crippen molar-refractivity contribution in [2.75, 3.05) is 24.2 Å². The molecule has 27 heavy (non-hydrogen) atoms. The molecular weight excluding hydrogens is 340 g/mol. The molecule has 1 fully saturated rings. The number of likely N-dealkylation sites (tertiary alicyclic amines) is 1. The lowest BCUT2D eigenvalue weighted by Gasteiger charge is -2.18. The molecule has 6 nitrogen and oxygen atoms in total. The number of para-hydroxylation sites is 1. The Morgan fingerprint density at radius 2 is 1.63 bits per heavy atom. The molecule has 2 aromatic rings. The van der Waals surface area contributed by atoms with Gasteiger partial charge in [-0.2, -0.15) is 0 Å². The number of carbonyl (C=O) groups excluding carboxylic acids is 2. The van der Waals surface area contributed by atoms with Crippen molar-refractivity contribution in [1.82, 2.24) is 10.2 Å². The van der Waals surface area contributed by atoms with Crippen LogP contribution in [0.1, 0.15) is 19.8 Å². The zero-order valence-corrected chi connectivity index (χ0v) is 15.7. The summed E-state index contributed by atoms with van der Waals surface area (Å²) < 4.78 is 0. The van der Waals surface area contributed by atoms with Crippen LogP contribution >= 0.6 is 0 Å². The van der Waals surface area contributed by atoms with Crippen LogP contribution in [-0.2, 0) is 9.59 Å². The third kappa shape index (κ3) is 5.08. The van der Waals surface area contributed by atoms with E-state index in [1.807, 2.05) is 73.5 Å². The van der Waals surface area contributed by atoms with E-state index in [0.717, 1.165) is 17.1 Å². The fourth-order valence-corrected chi connectivity index (χ4v) is 3.29. The Morgan fingerprint density at radius 3 is 2.30 bits per heavy atom. The van der Waals surface area contributed by atoms with Gasteiger partial charge in [0.05, 0.1) is 6.04 Å². The molecule has 2 amide bonds. The van der Waals surface area contributed by atoms with Gasteiger partial charge in [0.15, 0.2) is 0 Å². The summed E-state index contributed by atoms with van der Waals surface area (Å²) in [5, 5.41) is 9.26. The van der Waals surface area contributed by atoms with Gasteiger partial charge in [0.2, 0.25) is 11.8 Å². The molecule has 0 aliphatic carbocycles. The number of hydrogen-bond donors (Lipinski definition) is 3. The summed E-state index contributed by atoms with van der Waals surface area (Å²) in [6, 6.07) is 17.3. The highest BCUT2D eigenvalue weighted by molar-refractivity contribution is 5.95. The Hall–Kier alpha value is -2.86. The molecule has 1 aliphatic heterocycles. The predicted octanol–water partition coefficient (Wildman–Crippen LogP) is 2.97. The molecule has 3 N–H and O–H groups in total.